The van der Waals surface area contributed by atoms with Crippen LogP contribution in [0.25, 0.3) is 11.1 Å². The first-order valence-corrected chi connectivity index (χ1v) is 9.04. The molecule has 0 saturated heterocycles. The van der Waals surface area contributed by atoms with E-state index in [-0.39, 0.29) is 25.0 Å². The summed E-state index contributed by atoms with van der Waals surface area (Å²) in [6, 6.07) is 23.9. The van der Waals surface area contributed by atoms with Gasteiger partial charge in [0.05, 0.1) is 6.61 Å². The maximum Gasteiger partial charge on any atom is 0.325 e. The van der Waals surface area contributed by atoms with Crippen LogP contribution in [0.15, 0.2) is 72.8 Å². The normalized spacial score (nSPS) is 12.3. The molecule has 3 aromatic carbocycles. The Balaban J connectivity index is 1.39. The molecule has 1 aliphatic rings. The fraction of sp³-hybridized carbons (Fsp3) is 0.174. The van der Waals surface area contributed by atoms with Crippen molar-refractivity contribution < 1.29 is 14.6 Å². The number of rotatable bonds is 6. The van der Waals surface area contributed by atoms with Gasteiger partial charge in [-0.1, -0.05) is 60.7 Å². The Hall–Kier alpha value is -3.11. The molecule has 4 heteroatoms. The van der Waals surface area contributed by atoms with E-state index < -0.39 is 0 Å². The number of anilines is 1. The summed E-state index contributed by atoms with van der Waals surface area (Å²) in [6.45, 7) is 0.444. The predicted molar refractivity (Wildman–Crippen MR) is 106 cm³/mol. The number of ether oxygens (including phenoxy) is 1. The van der Waals surface area contributed by atoms with Gasteiger partial charge in [-0.3, -0.25) is 4.79 Å². The molecule has 0 unspecified atom stereocenters. The van der Waals surface area contributed by atoms with Gasteiger partial charge < -0.3 is 15.2 Å². The van der Waals surface area contributed by atoms with Crippen molar-refractivity contribution in [3.8, 4) is 11.1 Å². The lowest BCUT2D eigenvalue weighted by molar-refractivity contribution is -0.141. The molecule has 0 fully saturated rings. The van der Waals surface area contributed by atoms with Crippen LogP contribution in [-0.4, -0.2) is 24.2 Å². The van der Waals surface area contributed by atoms with Crippen LogP contribution in [0.2, 0.25) is 0 Å². The maximum atomic E-state index is 12.2. The van der Waals surface area contributed by atoms with Gasteiger partial charge in [0.2, 0.25) is 0 Å². The molecule has 27 heavy (non-hydrogen) atoms. The molecular formula is C23H21NO3. The van der Waals surface area contributed by atoms with Crippen LogP contribution in [0.3, 0.4) is 0 Å². The molecule has 0 bridgehead atoms. The minimum Gasteiger partial charge on any atom is -0.463 e. The van der Waals surface area contributed by atoms with Gasteiger partial charge in [0.15, 0.2) is 0 Å². The Morgan fingerprint density at radius 3 is 2.07 bits per heavy atom. The van der Waals surface area contributed by atoms with Gasteiger partial charge >= 0.3 is 5.97 Å². The number of carbonyl (C=O) groups is 1. The summed E-state index contributed by atoms with van der Waals surface area (Å²) in [5.41, 5.74) is 6.51. The van der Waals surface area contributed by atoms with Crippen molar-refractivity contribution in [3.63, 3.8) is 0 Å². The van der Waals surface area contributed by atoms with E-state index in [2.05, 4.69) is 29.6 Å². The van der Waals surface area contributed by atoms with Crippen molar-refractivity contribution in [2.75, 3.05) is 18.5 Å². The minimum atomic E-state index is -0.289. The van der Waals surface area contributed by atoms with Crippen LogP contribution >= 0.6 is 0 Å². The number of hydrogen-bond donors (Lipinski definition) is 2. The molecule has 3 aromatic rings. The second-order valence-corrected chi connectivity index (χ2v) is 6.62. The van der Waals surface area contributed by atoms with E-state index >= 15 is 0 Å². The zero-order chi connectivity index (χ0) is 18.6. The fourth-order valence-electron chi connectivity index (χ4n) is 3.57. The molecular weight excluding hydrogens is 338 g/mol. The topological polar surface area (TPSA) is 58.6 Å². The highest BCUT2D eigenvalue weighted by atomic mass is 16.5. The third-order valence-corrected chi connectivity index (χ3v) is 4.95. The van der Waals surface area contributed by atoms with Crippen molar-refractivity contribution in [2.45, 2.75) is 12.5 Å². The van der Waals surface area contributed by atoms with Crippen molar-refractivity contribution >= 4 is 11.7 Å². The van der Waals surface area contributed by atoms with Crippen LogP contribution in [0.4, 0.5) is 5.69 Å². The second-order valence-electron chi connectivity index (χ2n) is 6.62. The van der Waals surface area contributed by atoms with Crippen molar-refractivity contribution in [3.05, 3.63) is 89.5 Å². The molecule has 4 nitrogen and oxygen atoms in total. The van der Waals surface area contributed by atoms with E-state index in [1.165, 1.54) is 22.3 Å². The molecule has 0 spiro atoms. The monoisotopic (exact) mass is 359 g/mol. The summed E-state index contributed by atoms with van der Waals surface area (Å²) in [6.07, 6.45) is 0. The van der Waals surface area contributed by atoms with Gasteiger partial charge in [0.1, 0.15) is 13.2 Å². The molecule has 136 valence electrons. The van der Waals surface area contributed by atoms with Crippen LogP contribution in [0.5, 0.6) is 0 Å². The van der Waals surface area contributed by atoms with Crippen molar-refractivity contribution in [2.24, 2.45) is 0 Å². The molecule has 0 heterocycles. The Kier molecular flexibility index (Phi) is 4.90. The third-order valence-electron chi connectivity index (χ3n) is 4.95. The molecule has 0 amide bonds. The van der Waals surface area contributed by atoms with E-state index in [0.29, 0.717) is 6.61 Å². The summed E-state index contributed by atoms with van der Waals surface area (Å²) in [4.78, 5) is 12.2. The Labute approximate surface area is 158 Å². The first-order valence-electron chi connectivity index (χ1n) is 9.04. The van der Waals surface area contributed by atoms with Crippen molar-refractivity contribution in [1.29, 1.82) is 0 Å². The predicted octanol–water partition coefficient (Wildman–Crippen LogP) is 3.95. The number of esters is 1. The van der Waals surface area contributed by atoms with E-state index in [9.17, 15) is 4.79 Å². The summed E-state index contributed by atoms with van der Waals surface area (Å²) in [5.74, 6) is -0.215. The highest BCUT2D eigenvalue weighted by molar-refractivity contribution is 5.79. The van der Waals surface area contributed by atoms with E-state index in [4.69, 9.17) is 9.84 Å². The fourth-order valence-corrected chi connectivity index (χ4v) is 3.57. The Morgan fingerprint density at radius 2 is 1.48 bits per heavy atom. The van der Waals surface area contributed by atoms with Gasteiger partial charge in [0.25, 0.3) is 0 Å². The standard InChI is InChI=1S/C23H21NO3/c25-14-16-9-11-17(12-10-16)24-13-23(26)27-15-22-20-7-3-1-5-18(20)19-6-2-4-8-21(19)22/h1-12,22,24-25H,13-15H2. The van der Waals surface area contributed by atoms with Crippen molar-refractivity contribution in [1.82, 2.24) is 0 Å². The minimum absolute atomic E-state index is 0.00661. The van der Waals surface area contributed by atoms with Crippen LogP contribution in [0.1, 0.15) is 22.6 Å². The van der Waals surface area contributed by atoms with Crippen LogP contribution in [-0.2, 0) is 16.1 Å². The lowest BCUT2D eigenvalue weighted by Crippen LogP contribution is -2.19. The maximum absolute atomic E-state index is 12.2. The molecule has 2 N–H and O–H groups in total. The number of nitrogens with one attached hydrogen (secondary N) is 1. The van der Waals surface area contributed by atoms with Gasteiger partial charge in [-0.15, -0.1) is 0 Å². The zero-order valence-electron chi connectivity index (χ0n) is 14.9. The summed E-state index contributed by atoms with van der Waals surface area (Å²) < 4.78 is 5.56. The lowest BCUT2D eigenvalue weighted by Gasteiger charge is -2.14. The molecule has 0 aliphatic heterocycles. The quantitative estimate of drug-likeness (QED) is 0.655. The highest BCUT2D eigenvalue weighted by Gasteiger charge is 2.28. The SMILES string of the molecule is O=C(CNc1ccc(CO)cc1)OCC1c2ccccc2-c2ccccc21. The number of hydrogen-bond acceptors (Lipinski definition) is 4. The number of aliphatic hydroxyl groups is 1. The average molecular weight is 359 g/mol. The number of carbonyl (C=O) groups excluding carboxylic acids is 1. The molecule has 4 rings (SSSR count). The molecule has 0 saturated carbocycles. The molecule has 0 radical (unpaired) electrons. The highest BCUT2D eigenvalue weighted by Crippen LogP contribution is 2.44. The molecule has 0 aromatic heterocycles. The summed E-state index contributed by atoms with van der Waals surface area (Å²) in [7, 11) is 0. The van der Waals surface area contributed by atoms with E-state index in [1.807, 2.05) is 48.5 Å². The average Bonchev–Trinajstić information content (AvgIpc) is 3.05. The van der Waals surface area contributed by atoms with Gasteiger partial charge in [-0.05, 0) is 39.9 Å². The molecule has 0 atom stereocenters. The summed E-state index contributed by atoms with van der Waals surface area (Å²) in [5, 5.41) is 12.1. The zero-order valence-corrected chi connectivity index (χ0v) is 14.9. The van der Waals surface area contributed by atoms with Crippen LogP contribution < -0.4 is 5.32 Å². The molecule has 1 aliphatic carbocycles. The number of fused-ring (bicyclic) bond motifs is 3. The third kappa shape index (κ3) is 3.57. The second kappa shape index (κ2) is 7.64. The summed E-state index contributed by atoms with van der Waals surface area (Å²) >= 11 is 0. The first kappa shape index (κ1) is 17.3. The lowest BCUT2D eigenvalue weighted by atomic mass is 9.98. The van der Waals surface area contributed by atoms with Gasteiger partial charge in [0, 0.05) is 11.6 Å². The Morgan fingerprint density at radius 1 is 0.889 bits per heavy atom. The number of benzene rings is 3. The number of aliphatic hydroxyl groups excluding tert-OH is 1. The van der Waals surface area contributed by atoms with Gasteiger partial charge in [-0.25, -0.2) is 0 Å². The van der Waals surface area contributed by atoms with E-state index in [1.54, 1.807) is 0 Å². The smallest absolute Gasteiger partial charge is 0.325 e. The largest absolute Gasteiger partial charge is 0.463 e. The van der Waals surface area contributed by atoms with Gasteiger partial charge in [-0.2, -0.15) is 0 Å². The first-order chi connectivity index (χ1) is 13.3. The van der Waals surface area contributed by atoms with E-state index in [0.717, 1.165) is 11.3 Å². The Bertz CT molecular complexity index is 904. The van der Waals surface area contributed by atoms with Crippen LogP contribution in [0, 0.1) is 0 Å².